The molecule has 1 fully saturated rings. The largest absolute Gasteiger partial charge is 0.396 e. The number of anilines is 2. The van der Waals surface area contributed by atoms with Gasteiger partial charge in [0.05, 0.1) is 11.5 Å². The molecule has 0 atom stereocenters. The molecule has 1 aliphatic carbocycles. The van der Waals surface area contributed by atoms with Crippen molar-refractivity contribution in [3.63, 3.8) is 0 Å². The summed E-state index contributed by atoms with van der Waals surface area (Å²) in [5.41, 5.74) is 5.39. The average molecular weight is 281 g/mol. The molecule has 8 heteroatoms. The summed E-state index contributed by atoms with van der Waals surface area (Å²) in [5.74, 6) is 0.125. The van der Waals surface area contributed by atoms with Crippen molar-refractivity contribution >= 4 is 17.5 Å². The first kappa shape index (κ1) is 14.4. The van der Waals surface area contributed by atoms with Crippen LogP contribution in [-0.4, -0.2) is 33.1 Å². The highest BCUT2D eigenvalue weighted by atomic mass is 16.6. The summed E-state index contributed by atoms with van der Waals surface area (Å²) >= 11 is 0. The zero-order chi connectivity index (χ0) is 14.8. The SMILES string of the molecule is Cc1nc(N)nc(NCC2(CO)CCCC2)c1[N+](=O)[O-]. The number of nitro groups is 1. The summed E-state index contributed by atoms with van der Waals surface area (Å²) in [6.45, 7) is 2.03. The molecule has 0 unspecified atom stereocenters. The van der Waals surface area contributed by atoms with Crippen LogP contribution in [-0.2, 0) is 0 Å². The maximum absolute atomic E-state index is 11.1. The van der Waals surface area contributed by atoms with Gasteiger partial charge in [0.15, 0.2) is 0 Å². The molecule has 1 aromatic rings. The second-order valence-electron chi connectivity index (χ2n) is 5.34. The van der Waals surface area contributed by atoms with Gasteiger partial charge in [-0.25, -0.2) is 4.98 Å². The molecule has 0 radical (unpaired) electrons. The van der Waals surface area contributed by atoms with Gasteiger partial charge in [0.2, 0.25) is 11.8 Å². The van der Waals surface area contributed by atoms with Crippen molar-refractivity contribution in [2.45, 2.75) is 32.6 Å². The molecule has 1 saturated carbocycles. The van der Waals surface area contributed by atoms with E-state index in [1.165, 1.54) is 6.92 Å². The van der Waals surface area contributed by atoms with Crippen molar-refractivity contribution in [3.8, 4) is 0 Å². The van der Waals surface area contributed by atoms with Crippen LogP contribution in [0.3, 0.4) is 0 Å². The lowest BCUT2D eigenvalue weighted by molar-refractivity contribution is -0.385. The monoisotopic (exact) mass is 281 g/mol. The molecule has 20 heavy (non-hydrogen) atoms. The van der Waals surface area contributed by atoms with E-state index in [0.29, 0.717) is 6.54 Å². The lowest BCUT2D eigenvalue weighted by Gasteiger charge is -2.26. The Morgan fingerprint density at radius 1 is 1.45 bits per heavy atom. The molecule has 2 rings (SSSR count). The summed E-state index contributed by atoms with van der Waals surface area (Å²) in [7, 11) is 0. The highest BCUT2D eigenvalue weighted by Gasteiger charge is 2.34. The van der Waals surface area contributed by atoms with Gasteiger partial charge in [-0.1, -0.05) is 12.8 Å². The Kier molecular flexibility index (Phi) is 4.03. The molecule has 1 aromatic heterocycles. The van der Waals surface area contributed by atoms with Gasteiger partial charge < -0.3 is 16.2 Å². The molecule has 110 valence electrons. The normalized spacial score (nSPS) is 17.1. The third-order valence-electron chi connectivity index (χ3n) is 3.89. The lowest BCUT2D eigenvalue weighted by atomic mass is 9.87. The number of hydrogen-bond donors (Lipinski definition) is 3. The predicted octanol–water partition coefficient (Wildman–Crippen LogP) is 1.24. The summed E-state index contributed by atoms with van der Waals surface area (Å²) in [5, 5.41) is 23.6. The zero-order valence-corrected chi connectivity index (χ0v) is 11.4. The van der Waals surface area contributed by atoms with Crippen molar-refractivity contribution in [1.82, 2.24) is 9.97 Å². The molecule has 1 aliphatic rings. The van der Waals surface area contributed by atoms with Crippen molar-refractivity contribution in [1.29, 1.82) is 0 Å². The van der Waals surface area contributed by atoms with Crippen LogP contribution in [0, 0.1) is 22.5 Å². The van der Waals surface area contributed by atoms with Crippen LogP contribution in [0.15, 0.2) is 0 Å². The van der Waals surface area contributed by atoms with Gasteiger partial charge in [-0.3, -0.25) is 10.1 Å². The van der Waals surface area contributed by atoms with E-state index in [9.17, 15) is 15.2 Å². The first-order chi connectivity index (χ1) is 9.47. The summed E-state index contributed by atoms with van der Waals surface area (Å²) in [6.07, 6.45) is 3.94. The number of aliphatic hydroxyl groups excluding tert-OH is 1. The first-order valence-electron chi connectivity index (χ1n) is 6.61. The van der Waals surface area contributed by atoms with Crippen LogP contribution in [0.5, 0.6) is 0 Å². The number of nitrogens with two attached hydrogens (primary N) is 1. The van der Waals surface area contributed by atoms with Gasteiger partial charge in [-0.15, -0.1) is 0 Å². The summed E-state index contributed by atoms with van der Waals surface area (Å²) in [4.78, 5) is 18.3. The van der Waals surface area contributed by atoms with Gasteiger partial charge in [-0.2, -0.15) is 4.98 Å². The molecular weight excluding hydrogens is 262 g/mol. The van der Waals surface area contributed by atoms with Gasteiger partial charge in [-0.05, 0) is 19.8 Å². The standard InChI is InChI=1S/C12H19N5O3/c1-8-9(17(19)20)10(16-11(13)15-8)14-6-12(7-18)4-2-3-5-12/h18H,2-7H2,1H3,(H3,13,14,15,16). The molecule has 8 nitrogen and oxygen atoms in total. The highest BCUT2D eigenvalue weighted by molar-refractivity contribution is 5.60. The third kappa shape index (κ3) is 2.79. The van der Waals surface area contributed by atoms with E-state index in [1.54, 1.807) is 0 Å². The number of hydrogen-bond acceptors (Lipinski definition) is 7. The Balaban J connectivity index is 2.22. The molecule has 4 N–H and O–H groups in total. The van der Waals surface area contributed by atoms with E-state index in [-0.39, 0.29) is 35.2 Å². The number of aryl methyl sites for hydroxylation is 1. The van der Waals surface area contributed by atoms with E-state index in [2.05, 4.69) is 15.3 Å². The van der Waals surface area contributed by atoms with Crippen molar-refractivity contribution in [3.05, 3.63) is 15.8 Å². The predicted molar refractivity (Wildman–Crippen MR) is 74.3 cm³/mol. The maximum Gasteiger partial charge on any atom is 0.332 e. The Bertz CT molecular complexity index is 514. The number of nitrogen functional groups attached to an aromatic ring is 1. The molecular formula is C12H19N5O3. The topological polar surface area (TPSA) is 127 Å². The quantitative estimate of drug-likeness (QED) is 0.547. The van der Waals surface area contributed by atoms with Crippen LogP contribution in [0.25, 0.3) is 0 Å². The molecule has 0 aliphatic heterocycles. The molecule has 0 saturated heterocycles. The number of nitrogens with one attached hydrogen (secondary N) is 1. The second-order valence-corrected chi connectivity index (χ2v) is 5.34. The fourth-order valence-electron chi connectivity index (χ4n) is 2.72. The Morgan fingerprint density at radius 2 is 2.10 bits per heavy atom. The number of aliphatic hydroxyl groups is 1. The Hall–Kier alpha value is -1.96. The lowest BCUT2D eigenvalue weighted by Crippen LogP contribution is -2.31. The minimum atomic E-state index is -0.516. The molecule has 0 bridgehead atoms. The number of rotatable bonds is 5. The first-order valence-corrected chi connectivity index (χ1v) is 6.61. The number of aromatic nitrogens is 2. The van der Waals surface area contributed by atoms with E-state index in [4.69, 9.17) is 5.73 Å². The Morgan fingerprint density at radius 3 is 2.65 bits per heavy atom. The van der Waals surface area contributed by atoms with Crippen LogP contribution in [0.4, 0.5) is 17.5 Å². The van der Waals surface area contributed by atoms with Gasteiger partial charge in [0.1, 0.15) is 5.69 Å². The summed E-state index contributed by atoms with van der Waals surface area (Å²) in [6, 6.07) is 0. The third-order valence-corrected chi connectivity index (χ3v) is 3.89. The van der Waals surface area contributed by atoms with Crippen molar-refractivity contribution < 1.29 is 10.0 Å². The maximum atomic E-state index is 11.1. The van der Waals surface area contributed by atoms with Gasteiger partial charge >= 0.3 is 5.69 Å². The van der Waals surface area contributed by atoms with Crippen LogP contribution < -0.4 is 11.1 Å². The minimum Gasteiger partial charge on any atom is -0.396 e. The van der Waals surface area contributed by atoms with Crippen molar-refractivity contribution in [2.24, 2.45) is 5.41 Å². The van der Waals surface area contributed by atoms with E-state index in [0.717, 1.165) is 25.7 Å². The molecule has 1 heterocycles. The smallest absolute Gasteiger partial charge is 0.332 e. The fourth-order valence-corrected chi connectivity index (χ4v) is 2.72. The Labute approximate surface area is 116 Å². The van der Waals surface area contributed by atoms with E-state index < -0.39 is 4.92 Å². The van der Waals surface area contributed by atoms with Gasteiger partial charge in [0.25, 0.3) is 0 Å². The molecule has 0 spiro atoms. The van der Waals surface area contributed by atoms with Crippen molar-refractivity contribution in [2.75, 3.05) is 24.2 Å². The average Bonchev–Trinajstić information content (AvgIpc) is 2.84. The van der Waals surface area contributed by atoms with Crippen LogP contribution in [0.1, 0.15) is 31.4 Å². The van der Waals surface area contributed by atoms with Gasteiger partial charge in [0, 0.05) is 12.0 Å². The highest BCUT2D eigenvalue weighted by Crippen LogP contribution is 2.38. The number of nitrogens with zero attached hydrogens (tertiary/aromatic N) is 3. The molecule has 0 amide bonds. The fraction of sp³-hybridized carbons (Fsp3) is 0.667. The van der Waals surface area contributed by atoms with E-state index >= 15 is 0 Å². The molecule has 0 aromatic carbocycles. The van der Waals surface area contributed by atoms with Crippen LogP contribution in [0.2, 0.25) is 0 Å². The summed E-state index contributed by atoms with van der Waals surface area (Å²) < 4.78 is 0. The second kappa shape index (κ2) is 5.58. The zero-order valence-electron chi connectivity index (χ0n) is 11.4. The minimum absolute atomic E-state index is 0.0000652. The van der Waals surface area contributed by atoms with E-state index in [1.807, 2.05) is 0 Å². The van der Waals surface area contributed by atoms with Crippen LogP contribution >= 0.6 is 0 Å².